The van der Waals surface area contributed by atoms with Gasteiger partial charge in [0.1, 0.15) is 0 Å². The molecule has 0 radical (unpaired) electrons. The highest BCUT2D eigenvalue weighted by atomic mass is 16.5. The Balaban J connectivity index is 1.73. The highest BCUT2D eigenvalue weighted by molar-refractivity contribution is 5.97. The molecule has 0 unspecified atom stereocenters. The molecule has 8 heteroatoms. The van der Waals surface area contributed by atoms with E-state index in [1.165, 1.54) is 7.11 Å². The van der Waals surface area contributed by atoms with Crippen molar-refractivity contribution in [2.75, 3.05) is 50.6 Å². The van der Waals surface area contributed by atoms with Crippen LogP contribution in [0.2, 0.25) is 0 Å². The molecule has 2 N–H and O–H groups in total. The van der Waals surface area contributed by atoms with E-state index >= 15 is 0 Å². The molecule has 2 aliphatic rings. The lowest BCUT2D eigenvalue weighted by atomic mass is 9.96. The lowest BCUT2D eigenvalue weighted by Gasteiger charge is -2.31. The van der Waals surface area contributed by atoms with E-state index in [-0.39, 0.29) is 17.9 Å². The first-order valence-corrected chi connectivity index (χ1v) is 9.78. The second-order valence-corrected chi connectivity index (χ2v) is 7.22. The lowest BCUT2D eigenvalue weighted by molar-refractivity contribution is -0.125. The smallest absolute Gasteiger partial charge is 0.337 e. The van der Waals surface area contributed by atoms with Gasteiger partial charge in [-0.3, -0.25) is 4.79 Å². The first-order valence-electron chi connectivity index (χ1n) is 9.78. The second kappa shape index (κ2) is 8.95. The summed E-state index contributed by atoms with van der Waals surface area (Å²) in [5, 5.41) is 5.64. The lowest BCUT2D eigenvalue weighted by Crippen LogP contribution is -2.44. The first kappa shape index (κ1) is 20.0. The number of ether oxygens (including phenoxy) is 1. The number of nitrogens with zero attached hydrogens (tertiary/aromatic N) is 2. The largest absolute Gasteiger partial charge is 0.465 e. The minimum atomic E-state index is -0.435. The fourth-order valence-corrected chi connectivity index (χ4v) is 3.86. The molecule has 28 heavy (non-hydrogen) atoms. The van der Waals surface area contributed by atoms with Gasteiger partial charge in [0.15, 0.2) is 0 Å². The van der Waals surface area contributed by atoms with Crippen LogP contribution in [0.4, 0.5) is 16.2 Å². The van der Waals surface area contributed by atoms with Crippen LogP contribution in [0.15, 0.2) is 18.2 Å². The van der Waals surface area contributed by atoms with Crippen molar-refractivity contribution in [3.8, 4) is 0 Å². The molecule has 3 rings (SSSR count). The zero-order valence-electron chi connectivity index (χ0n) is 16.5. The van der Waals surface area contributed by atoms with Crippen LogP contribution in [0.1, 0.15) is 36.0 Å². The Bertz CT molecular complexity index is 738. The molecule has 0 bridgehead atoms. The third-order valence-electron chi connectivity index (χ3n) is 5.51. The van der Waals surface area contributed by atoms with Crippen molar-refractivity contribution < 1.29 is 19.1 Å². The van der Waals surface area contributed by atoms with Gasteiger partial charge in [-0.15, -0.1) is 0 Å². The van der Waals surface area contributed by atoms with E-state index in [4.69, 9.17) is 4.74 Å². The monoisotopic (exact) mass is 388 g/mol. The van der Waals surface area contributed by atoms with Crippen molar-refractivity contribution in [3.63, 3.8) is 0 Å². The van der Waals surface area contributed by atoms with E-state index in [1.54, 1.807) is 24.1 Å². The standard InChI is InChI=1S/C20H28N4O4/c1-21-18(25)14-7-11-24(12-8-14)20(27)22-16-13-15(19(26)28-2)5-6-17(16)23-9-3-4-10-23/h5-6,13-14H,3-4,7-12H2,1-2H3,(H,21,25)(H,22,27). The van der Waals surface area contributed by atoms with E-state index in [0.717, 1.165) is 31.6 Å². The first-order chi connectivity index (χ1) is 13.5. The van der Waals surface area contributed by atoms with E-state index < -0.39 is 5.97 Å². The Labute approximate surface area is 165 Å². The minimum absolute atomic E-state index is 0.0298. The van der Waals surface area contributed by atoms with Gasteiger partial charge in [0.2, 0.25) is 5.91 Å². The maximum absolute atomic E-state index is 12.8. The molecule has 1 aromatic rings. The fourth-order valence-electron chi connectivity index (χ4n) is 3.86. The van der Waals surface area contributed by atoms with Crippen LogP contribution in [-0.2, 0) is 9.53 Å². The van der Waals surface area contributed by atoms with Crippen molar-refractivity contribution in [2.45, 2.75) is 25.7 Å². The molecule has 0 aliphatic carbocycles. The van der Waals surface area contributed by atoms with Gasteiger partial charge in [0, 0.05) is 39.1 Å². The van der Waals surface area contributed by atoms with Crippen LogP contribution in [0, 0.1) is 5.92 Å². The fraction of sp³-hybridized carbons (Fsp3) is 0.550. The van der Waals surface area contributed by atoms with Crippen LogP contribution < -0.4 is 15.5 Å². The number of likely N-dealkylation sites (tertiary alicyclic amines) is 1. The summed E-state index contributed by atoms with van der Waals surface area (Å²) in [6.07, 6.45) is 3.51. The van der Waals surface area contributed by atoms with Gasteiger partial charge in [-0.25, -0.2) is 9.59 Å². The number of urea groups is 1. The molecular weight excluding hydrogens is 360 g/mol. The summed E-state index contributed by atoms with van der Waals surface area (Å²) in [5.41, 5.74) is 1.93. The Hall–Kier alpha value is -2.77. The number of nitrogens with one attached hydrogen (secondary N) is 2. The van der Waals surface area contributed by atoms with Crippen molar-refractivity contribution in [1.29, 1.82) is 0 Å². The van der Waals surface area contributed by atoms with Gasteiger partial charge < -0.3 is 25.2 Å². The van der Waals surface area contributed by atoms with Gasteiger partial charge in [0.25, 0.3) is 0 Å². The van der Waals surface area contributed by atoms with E-state index in [9.17, 15) is 14.4 Å². The molecule has 2 aliphatic heterocycles. The summed E-state index contributed by atoms with van der Waals surface area (Å²) >= 11 is 0. The quantitative estimate of drug-likeness (QED) is 0.771. The zero-order chi connectivity index (χ0) is 20.1. The van der Waals surface area contributed by atoms with Gasteiger partial charge in [-0.05, 0) is 43.9 Å². The summed E-state index contributed by atoms with van der Waals surface area (Å²) in [6.45, 7) is 2.91. The number of rotatable bonds is 4. The maximum atomic E-state index is 12.8. The summed E-state index contributed by atoms with van der Waals surface area (Å²) in [5.74, 6) is -0.450. The number of anilines is 2. The van der Waals surface area contributed by atoms with Crippen LogP contribution in [-0.4, -0.2) is 63.1 Å². The zero-order valence-corrected chi connectivity index (χ0v) is 16.5. The van der Waals surface area contributed by atoms with Gasteiger partial charge in [-0.1, -0.05) is 0 Å². The molecule has 2 heterocycles. The average molecular weight is 388 g/mol. The third kappa shape index (κ3) is 4.37. The SMILES string of the molecule is CNC(=O)C1CCN(C(=O)Nc2cc(C(=O)OC)ccc2N2CCCC2)CC1. The number of amides is 3. The number of carbonyl (C=O) groups is 3. The van der Waals surface area contributed by atoms with Crippen LogP contribution in [0.25, 0.3) is 0 Å². The molecule has 3 amide bonds. The van der Waals surface area contributed by atoms with Crippen LogP contribution in [0.5, 0.6) is 0 Å². The number of hydrogen-bond acceptors (Lipinski definition) is 5. The van der Waals surface area contributed by atoms with Crippen molar-refractivity contribution in [1.82, 2.24) is 10.2 Å². The molecule has 1 aromatic carbocycles. The third-order valence-corrected chi connectivity index (χ3v) is 5.51. The number of benzene rings is 1. The van der Waals surface area contributed by atoms with Crippen LogP contribution in [0.3, 0.4) is 0 Å². The molecular formula is C20H28N4O4. The second-order valence-electron chi connectivity index (χ2n) is 7.22. The average Bonchev–Trinajstić information content (AvgIpc) is 3.27. The number of hydrogen-bond donors (Lipinski definition) is 2. The van der Waals surface area contributed by atoms with E-state index in [0.29, 0.717) is 37.2 Å². The Morgan fingerprint density at radius 2 is 1.75 bits per heavy atom. The maximum Gasteiger partial charge on any atom is 0.337 e. The van der Waals surface area contributed by atoms with Gasteiger partial charge in [-0.2, -0.15) is 0 Å². The number of piperidine rings is 1. The van der Waals surface area contributed by atoms with Crippen LogP contribution >= 0.6 is 0 Å². The normalized spacial score (nSPS) is 17.4. The van der Waals surface area contributed by atoms with Gasteiger partial charge in [0.05, 0.1) is 24.0 Å². The molecule has 0 atom stereocenters. The van der Waals surface area contributed by atoms with Crippen molar-refractivity contribution >= 4 is 29.3 Å². The highest BCUT2D eigenvalue weighted by Crippen LogP contribution is 2.31. The predicted molar refractivity (Wildman–Crippen MR) is 107 cm³/mol. The summed E-state index contributed by atoms with van der Waals surface area (Å²) in [6, 6.07) is 5.06. The Morgan fingerprint density at radius 1 is 1.07 bits per heavy atom. The molecule has 2 saturated heterocycles. The molecule has 2 fully saturated rings. The van der Waals surface area contributed by atoms with E-state index in [2.05, 4.69) is 15.5 Å². The summed E-state index contributed by atoms with van der Waals surface area (Å²) in [7, 11) is 2.97. The Kier molecular flexibility index (Phi) is 6.38. The summed E-state index contributed by atoms with van der Waals surface area (Å²) < 4.78 is 4.81. The topological polar surface area (TPSA) is 91.0 Å². The predicted octanol–water partition coefficient (Wildman–Crippen LogP) is 2.06. The van der Waals surface area contributed by atoms with Crippen molar-refractivity contribution in [3.05, 3.63) is 23.8 Å². The molecule has 8 nitrogen and oxygen atoms in total. The van der Waals surface area contributed by atoms with Crippen molar-refractivity contribution in [2.24, 2.45) is 5.92 Å². The Morgan fingerprint density at radius 3 is 2.36 bits per heavy atom. The molecule has 0 spiro atoms. The summed E-state index contributed by atoms with van der Waals surface area (Å²) in [4.78, 5) is 40.4. The molecule has 0 saturated carbocycles. The number of methoxy groups -OCH3 is 1. The van der Waals surface area contributed by atoms with Gasteiger partial charge >= 0.3 is 12.0 Å². The minimum Gasteiger partial charge on any atom is -0.465 e. The number of carbonyl (C=O) groups excluding carboxylic acids is 3. The molecule has 0 aromatic heterocycles. The molecule has 152 valence electrons. The number of esters is 1. The highest BCUT2D eigenvalue weighted by Gasteiger charge is 2.27. The van der Waals surface area contributed by atoms with E-state index in [1.807, 2.05) is 6.07 Å².